The van der Waals surface area contributed by atoms with Crippen LogP contribution in [0.4, 0.5) is 0 Å². The largest absolute Gasteiger partial charge is 0.496 e. The van der Waals surface area contributed by atoms with Crippen molar-refractivity contribution in [1.82, 2.24) is 0 Å². The highest BCUT2D eigenvalue weighted by atomic mass is 16.6. The zero-order valence-electron chi connectivity index (χ0n) is 27.6. The van der Waals surface area contributed by atoms with Crippen molar-refractivity contribution in [3.8, 4) is 17.2 Å². The molecule has 3 heterocycles. The molecule has 3 aliphatic heterocycles. The van der Waals surface area contributed by atoms with Crippen molar-refractivity contribution in [2.24, 2.45) is 4.99 Å². The predicted octanol–water partition coefficient (Wildman–Crippen LogP) is 4.83. The summed E-state index contributed by atoms with van der Waals surface area (Å²) in [5, 5.41) is 13.4. The van der Waals surface area contributed by atoms with Crippen molar-refractivity contribution < 1.29 is 38.4 Å². The van der Waals surface area contributed by atoms with Crippen molar-refractivity contribution >= 4 is 29.7 Å². The van der Waals surface area contributed by atoms with Crippen LogP contribution >= 0.6 is 0 Å². The van der Waals surface area contributed by atoms with E-state index in [0.29, 0.717) is 66.9 Å². The standard InChI is InChI=1S/C38H43NO8/c1-5-7-8-9-15-38(3,43)32-19-26-30(46-32)20-31-34(35(26)44-4)33(27(21-40)36(47-31)37(42)45-6-2)24-11-13-29(41)25(18-24)22-10-12-28-23(17-22)14-16-39-28/h10,12,14,17,20-21,25,32,43H,5-9,11,13,15-16,18-19H2,1-4H3/b33-24+/t25-,32-,38-/m0/s1. The number of aldehydes is 1. The van der Waals surface area contributed by atoms with Gasteiger partial charge in [-0.1, -0.05) is 50.3 Å². The lowest BCUT2D eigenvalue weighted by Crippen LogP contribution is -2.42. The Morgan fingerprint density at radius 1 is 1.13 bits per heavy atom. The number of hydrogen-bond donors (Lipinski definition) is 1. The third kappa shape index (κ3) is 6.13. The van der Waals surface area contributed by atoms with Gasteiger partial charge in [-0.2, -0.15) is 0 Å². The van der Waals surface area contributed by atoms with E-state index in [1.165, 1.54) is 0 Å². The van der Waals surface area contributed by atoms with Crippen LogP contribution < -0.4 is 24.8 Å². The Bertz CT molecular complexity index is 1800. The van der Waals surface area contributed by atoms with Gasteiger partial charge in [0.2, 0.25) is 5.76 Å². The molecule has 1 saturated carbocycles. The third-order valence-corrected chi connectivity index (χ3v) is 9.85. The number of hydrogen-bond acceptors (Lipinski definition) is 9. The predicted molar refractivity (Wildman–Crippen MR) is 176 cm³/mol. The van der Waals surface area contributed by atoms with Crippen LogP contribution in [0.25, 0.3) is 11.6 Å². The first-order chi connectivity index (χ1) is 22.7. The molecule has 9 heteroatoms. The lowest BCUT2D eigenvalue weighted by Gasteiger charge is -2.31. The van der Waals surface area contributed by atoms with Gasteiger partial charge in [-0.3, -0.25) is 14.6 Å². The van der Waals surface area contributed by atoms with E-state index in [1.807, 2.05) is 24.3 Å². The summed E-state index contributed by atoms with van der Waals surface area (Å²) in [7, 11) is 1.55. The molecule has 2 aromatic rings. The van der Waals surface area contributed by atoms with Gasteiger partial charge in [0, 0.05) is 36.0 Å². The van der Waals surface area contributed by atoms with E-state index >= 15 is 0 Å². The quantitative estimate of drug-likeness (QED) is 0.211. The Labute approximate surface area is 275 Å². The number of unbranched alkanes of at least 4 members (excludes halogenated alkanes) is 3. The minimum Gasteiger partial charge on any atom is -0.496 e. The molecule has 47 heavy (non-hydrogen) atoms. The molecule has 0 aromatic heterocycles. The molecular formula is C38H43NO8. The summed E-state index contributed by atoms with van der Waals surface area (Å²) < 4.78 is 23.9. The molecule has 0 unspecified atom stereocenters. The molecule has 0 bridgehead atoms. The maximum atomic E-state index is 13.4. The van der Waals surface area contributed by atoms with Crippen LogP contribution in [-0.4, -0.2) is 55.1 Å². The molecule has 248 valence electrons. The van der Waals surface area contributed by atoms with E-state index < -0.39 is 23.6 Å². The number of carbonyl (C=O) groups excluding carboxylic acids is 3. The number of benzene rings is 2. The zero-order valence-corrected chi connectivity index (χ0v) is 27.6. The number of ketones is 1. The summed E-state index contributed by atoms with van der Waals surface area (Å²) in [4.78, 5) is 44.0. The van der Waals surface area contributed by atoms with Gasteiger partial charge >= 0.3 is 5.97 Å². The smallest absolute Gasteiger partial charge is 0.375 e. The number of carbonyl (C=O) groups is 3. The maximum Gasteiger partial charge on any atom is 0.375 e. The van der Waals surface area contributed by atoms with E-state index in [4.69, 9.17) is 18.9 Å². The molecule has 0 radical (unpaired) electrons. The Balaban J connectivity index is 1.46. The van der Waals surface area contributed by atoms with Gasteiger partial charge in [0.1, 0.15) is 29.1 Å². The molecule has 2 aromatic carbocycles. The highest BCUT2D eigenvalue weighted by Gasteiger charge is 2.43. The van der Waals surface area contributed by atoms with Crippen LogP contribution in [0.15, 0.2) is 46.2 Å². The Kier molecular flexibility index (Phi) is 9.37. The number of fused-ring (bicyclic) bond motifs is 3. The van der Waals surface area contributed by atoms with Gasteiger partial charge < -0.3 is 24.1 Å². The second-order valence-corrected chi connectivity index (χ2v) is 13.0. The van der Waals surface area contributed by atoms with Gasteiger partial charge in [0.05, 0.1) is 42.4 Å². The van der Waals surface area contributed by atoms with Gasteiger partial charge in [-0.25, -0.2) is 4.79 Å². The SMILES string of the molecule is CCCCCC[C@](C)(O)[C@@H]1Cc2c(cc3c(c2OC)/C(=C2\CCC(=O)[C@H](c4ccc5c(c4)=CCN=5)C2)C(C=O)=C(C(=O)OCC)O3)O1. The minimum absolute atomic E-state index is 0.0665. The van der Waals surface area contributed by atoms with E-state index in [2.05, 4.69) is 11.9 Å². The average Bonchev–Trinajstić information content (AvgIpc) is 3.72. The topological polar surface area (TPSA) is 121 Å². The lowest BCUT2D eigenvalue weighted by molar-refractivity contribution is -0.141. The van der Waals surface area contributed by atoms with E-state index in [9.17, 15) is 19.5 Å². The number of allylic oxidation sites excluding steroid dienone is 3. The highest BCUT2D eigenvalue weighted by Crippen LogP contribution is 2.54. The van der Waals surface area contributed by atoms with E-state index in [-0.39, 0.29) is 30.1 Å². The summed E-state index contributed by atoms with van der Waals surface area (Å²) >= 11 is 0. The van der Waals surface area contributed by atoms with Crippen molar-refractivity contribution in [3.05, 3.63) is 68.4 Å². The molecule has 0 spiro atoms. The van der Waals surface area contributed by atoms with Crippen LogP contribution in [-0.2, 0) is 25.5 Å². The van der Waals surface area contributed by atoms with Crippen molar-refractivity contribution in [3.63, 3.8) is 0 Å². The molecule has 9 nitrogen and oxygen atoms in total. The molecule has 1 aliphatic carbocycles. The Morgan fingerprint density at radius 2 is 1.96 bits per heavy atom. The number of rotatable bonds is 11. The summed E-state index contributed by atoms with van der Waals surface area (Å²) in [5.41, 5.74) is 2.56. The highest BCUT2D eigenvalue weighted by molar-refractivity contribution is 6.10. The normalized spacial score (nSPS) is 22.5. The van der Waals surface area contributed by atoms with Gasteiger partial charge in [0.15, 0.2) is 6.29 Å². The number of nitrogens with zero attached hydrogens (tertiary/aromatic N) is 1. The summed E-state index contributed by atoms with van der Waals surface area (Å²) in [6.07, 6.45) is 8.34. The summed E-state index contributed by atoms with van der Waals surface area (Å²) in [6.45, 7) is 6.37. The summed E-state index contributed by atoms with van der Waals surface area (Å²) in [6, 6.07) is 7.64. The fourth-order valence-electron chi connectivity index (χ4n) is 7.31. The molecule has 6 rings (SSSR count). The summed E-state index contributed by atoms with van der Waals surface area (Å²) in [5.74, 6) is -0.00993. The molecule has 0 saturated heterocycles. The van der Waals surface area contributed by atoms with Crippen LogP contribution in [0.5, 0.6) is 17.2 Å². The average molecular weight is 642 g/mol. The Morgan fingerprint density at radius 3 is 2.70 bits per heavy atom. The van der Waals surface area contributed by atoms with Crippen LogP contribution in [0.2, 0.25) is 0 Å². The number of methoxy groups -OCH3 is 1. The number of aliphatic hydroxyl groups is 1. The first-order valence-electron chi connectivity index (χ1n) is 16.8. The molecule has 0 amide bonds. The Hall–Kier alpha value is -4.24. The number of esters is 1. The van der Waals surface area contributed by atoms with Crippen LogP contribution in [0, 0.1) is 0 Å². The van der Waals surface area contributed by atoms with Gasteiger partial charge in [-0.15, -0.1) is 0 Å². The molecular weight excluding hydrogens is 598 g/mol. The first-order valence-corrected chi connectivity index (χ1v) is 16.8. The molecule has 1 N–H and O–H groups in total. The van der Waals surface area contributed by atoms with Gasteiger partial charge in [-0.05, 0) is 56.0 Å². The first kappa shape index (κ1) is 32.7. The van der Waals surface area contributed by atoms with Crippen LogP contribution in [0.3, 0.4) is 0 Å². The second kappa shape index (κ2) is 13.5. The minimum atomic E-state index is -1.08. The number of ether oxygens (including phenoxy) is 4. The van der Waals surface area contributed by atoms with E-state index in [0.717, 1.165) is 53.0 Å². The van der Waals surface area contributed by atoms with Crippen molar-refractivity contribution in [1.29, 1.82) is 0 Å². The molecule has 4 aliphatic rings. The second-order valence-electron chi connectivity index (χ2n) is 13.0. The van der Waals surface area contributed by atoms with E-state index in [1.54, 1.807) is 27.0 Å². The third-order valence-electron chi connectivity index (χ3n) is 9.85. The molecule has 3 atom stereocenters. The zero-order chi connectivity index (χ0) is 33.3. The monoisotopic (exact) mass is 641 g/mol. The fourth-order valence-corrected chi connectivity index (χ4v) is 7.31. The maximum absolute atomic E-state index is 13.4. The number of Topliss-reactive ketones (excluding diaryl/α,β-unsaturated/α-hetero) is 1. The van der Waals surface area contributed by atoms with Crippen LogP contribution in [0.1, 0.15) is 94.7 Å². The molecule has 1 fully saturated rings. The lowest BCUT2D eigenvalue weighted by atomic mass is 9.75. The van der Waals surface area contributed by atoms with Crippen molar-refractivity contribution in [2.45, 2.75) is 96.2 Å². The fraction of sp³-hybridized carbons (Fsp3) is 0.474. The van der Waals surface area contributed by atoms with Gasteiger partial charge in [0.25, 0.3) is 0 Å². The van der Waals surface area contributed by atoms with Crippen molar-refractivity contribution in [2.75, 3.05) is 20.3 Å².